The molecule has 2 aromatic carbocycles. The lowest BCUT2D eigenvalue weighted by molar-refractivity contribution is -0.384. The second-order valence-corrected chi connectivity index (χ2v) is 8.14. The molecule has 0 radical (unpaired) electrons. The predicted molar refractivity (Wildman–Crippen MR) is 99.1 cm³/mol. The Bertz CT molecular complexity index is 1000. The number of rotatable bonds is 5. The van der Waals surface area contributed by atoms with Crippen molar-refractivity contribution in [3.8, 4) is 5.75 Å². The number of hydrogen-bond acceptors (Lipinski definition) is 7. The van der Waals surface area contributed by atoms with Crippen LogP contribution in [-0.4, -0.2) is 49.9 Å². The van der Waals surface area contributed by atoms with E-state index in [9.17, 15) is 23.3 Å². The lowest BCUT2D eigenvalue weighted by Crippen LogP contribution is -2.40. The van der Waals surface area contributed by atoms with Crippen LogP contribution in [0.25, 0.3) is 0 Å². The Morgan fingerprint density at radius 3 is 2.39 bits per heavy atom. The summed E-state index contributed by atoms with van der Waals surface area (Å²) >= 11 is 6.04. The first-order valence-corrected chi connectivity index (χ1v) is 9.95. The summed E-state index contributed by atoms with van der Waals surface area (Å²) in [5.74, 6) is -0.814. The summed E-state index contributed by atoms with van der Waals surface area (Å²) < 4.78 is 37.1. The molecule has 0 atom stereocenters. The van der Waals surface area contributed by atoms with E-state index in [0.717, 1.165) is 6.07 Å². The van der Waals surface area contributed by atoms with Gasteiger partial charge in [0.05, 0.1) is 33.6 Å². The second-order valence-electron chi connectivity index (χ2n) is 5.80. The summed E-state index contributed by atoms with van der Waals surface area (Å²) in [4.78, 5) is 22.4. The van der Waals surface area contributed by atoms with Crippen LogP contribution in [-0.2, 0) is 14.8 Å². The van der Waals surface area contributed by atoms with Crippen LogP contribution in [0.2, 0.25) is 5.02 Å². The number of carbonyl (C=O) groups excluding carboxylic acids is 1. The molecule has 9 nitrogen and oxygen atoms in total. The van der Waals surface area contributed by atoms with Gasteiger partial charge < -0.3 is 9.47 Å². The summed E-state index contributed by atoms with van der Waals surface area (Å²) in [6.45, 7) is 1.02. The van der Waals surface area contributed by atoms with Crippen molar-refractivity contribution in [3.05, 3.63) is 63.2 Å². The Hall–Kier alpha value is -2.53. The molecular weight excluding hydrogens is 412 g/mol. The van der Waals surface area contributed by atoms with Gasteiger partial charge in [-0.1, -0.05) is 11.6 Å². The van der Waals surface area contributed by atoms with Crippen LogP contribution in [0, 0.1) is 10.1 Å². The van der Waals surface area contributed by atoms with E-state index in [4.69, 9.17) is 21.1 Å². The number of nitro benzene ring substituents is 1. The number of nitrogens with zero attached hydrogens (tertiary/aromatic N) is 2. The molecule has 28 heavy (non-hydrogen) atoms. The van der Waals surface area contributed by atoms with Gasteiger partial charge in [-0.05, 0) is 30.3 Å². The Kier molecular flexibility index (Phi) is 5.94. The molecule has 0 N–H and O–H groups in total. The van der Waals surface area contributed by atoms with Crippen molar-refractivity contribution in [2.45, 2.75) is 4.90 Å². The quantitative estimate of drug-likeness (QED) is 0.312. The lowest BCUT2D eigenvalue weighted by Gasteiger charge is -2.26. The van der Waals surface area contributed by atoms with Gasteiger partial charge in [0, 0.05) is 25.2 Å². The fourth-order valence-corrected chi connectivity index (χ4v) is 4.18. The van der Waals surface area contributed by atoms with Gasteiger partial charge in [-0.3, -0.25) is 10.1 Å². The highest BCUT2D eigenvalue weighted by atomic mass is 35.5. The maximum absolute atomic E-state index is 12.7. The SMILES string of the molecule is O=C(Oc1ccc([N+](=O)[O-])cc1)c1cc(S(=O)(=O)N2CCOCC2)ccc1Cl. The summed E-state index contributed by atoms with van der Waals surface area (Å²) in [5, 5.41) is 10.7. The molecule has 1 saturated heterocycles. The number of ether oxygens (including phenoxy) is 2. The fraction of sp³-hybridized carbons (Fsp3) is 0.235. The molecule has 2 aromatic rings. The maximum Gasteiger partial charge on any atom is 0.345 e. The van der Waals surface area contributed by atoms with Crippen LogP contribution in [0.4, 0.5) is 5.69 Å². The molecule has 1 aliphatic heterocycles. The van der Waals surface area contributed by atoms with Crippen molar-refractivity contribution < 1.29 is 27.6 Å². The molecule has 0 unspecified atom stereocenters. The summed E-state index contributed by atoms with van der Waals surface area (Å²) in [6.07, 6.45) is 0. The average Bonchev–Trinajstić information content (AvgIpc) is 2.69. The molecular formula is C17H15ClN2O7S. The zero-order chi connectivity index (χ0) is 20.3. The third-order valence-electron chi connectivity index (χ3n) is 4.02. The molecule has 0 saturated carbocycles. The van der Waals surface area contributed by atoms with Crippen molar-refractivity contribution in [2.24, 2.45) is 0 Å². The van der Waals surface area contributed by atoms with Crippen LogP contribution in [0.5, 0.6) is 5.75 Å². The Labute approximate surface area is 165 Å². The van der Waals surface area contributed by atoms with E-state index in [1.807, 2.05) is 0 Å². The van der Waals surface area contributed by atoms with E-state index in [0.29, 0.717) is 13.2 Å². The van der Waals surface area contributed by atoms with E-state index in [2.05, 4.69) is 0 Å². The van der Waals surface area contributed by atoms with E-state index in [1.54, 1.807) is 0 Å². The topological polar surface area (TPSA) is 116 Å². The molecule has 1 aliphatic rings. The molecule has 1 heterocycles. The minimum atomic E-state index is -3.81. The molecule has 0 amide bonds. The van der Waals surface area contributed by atoms with Gasteiger partial charge in [0.15, 0.2) is 0 Å². The first-order valence-electron chi connectivity index (χ1n) is 8.13. The summed E-state index contributed by atoms with van der Waals surface area (Å²) in [7, 11) is -3.81. The molecule has 0 bridgehead atoms. The molecule has 148 valence electrons. The summed E-state index contributed by atoms with van der Waals surface area (Å²) in [5.41, 5.74) is -0.286. The van der Waals surface area contributed by atoms with Crippen LogP contribution in [0.1, 0.15) is 10.4 Å². The van der Waals surface area contributed by atoms with Gasteiger partial charge in [0.1, 0.15) is 5.75 Å². The molecule has 11 heteroatoms. The predicted octanol–water partition coefficient (Wildman–Crippen LogP) is 2.49. The van der Waals surface area contributed by atoms with Crippen molar-refractivity contribution in [2.75, 3.05) is 26.3 Å². The Balaban J connectivity index is 1.84. The van der Waals surface area contributed by atoms with Crippen LogP contribution in [0.3, 0.4) is 0 Å². The van der Waals surface area contributed by atoms with E-state index in [-0.39, 0.29) is 40.0 Å². The number of hydrogen-bond donors (Lipinski definition) is 0. The third-order valence-corrected chi connectivity index (χ3v) is 6.25. The molecule has 0 spiro atoms. The smallest absolute Gasteiger partial charge is 0.345 e. The van der Waals surface area contributed by atoms with E-state index in [1.165, 1.54) is 40.7 Å². The van der Waals surface area contributed by atoms with Crippen molar-refractivity contribution in [1.29, 1.82) is 0 Å². The maximum atomic E-state index is 12.7. The standard InChI is InChI=1S/C17H15ClN2O7S/c18-16-6-5-14(28(24,25)19-7-9-26-10-8-19)11-15(16)17(21)27-13-3-1-12(2-4-13)20(22)23/h1-6,11H,7-10H2. The highest BCUT2D eigenvalue weighted by Crippen LogP contribution is 2.25. The average molecular weight is 427 g/mol. The molecule has 0 aromatic heterocycles. The molecule has 3 rings (SSSR count). The number of morpholine rings is 1. The first-order chi connectivity index (χ1) is 13.3. The fourth-order valence-electron chi connectivity index (χ4n) is 2.56. The first kappa shape index (κ1) is 20.2. The number of nitro groups is 1. The van der Waals surface area contributed by atoms with Gasteiger partial charge in [-0.25, -0.2) is 13.2 Å². The highest BCUT2D eigenvalue weighted by molar-refractivity contribution is 7.89. The normalized spacial score (nSPS) is 15.2. The number of esters is 1. The zero-order valence-electron chi connectivity index (χ0n) is 14.4. The Morgan fingerprint density at radius 1 is 1.14 bits per heavy atom. The van der Waals surface area contributed by atoms with Crippen LogP contribution < -0.4 is 4.74 Å². The van der Waals surface area contributed by atoms with Gasteiger partial charge in [0.2, 0.25) is 10.0 Å². The van der Waals surface area contributed by atoms with E-state index >= 15 is 0 Å². The number of carbonyl (C=O) groups is 1. The monoisotopic (exact) mass is 426 g/mol. The van der Waals surface area contributed by atoms with Crippen molar-refractivity contribution >= 4 is 33.3 Å². The largest absolute Gasteiger partial charge is 0.423 e. The van der Waals surface area contributed by atoms with Gasteiger partial charge in [-0.15, -0.1) is 0 Å². The number of benzene rings is 2. The third kappa shape index (κ3) is 4.30. The number of halogens is 1. The van der Waals surface area contributed by atoms with Gasteiger partial charge in [0.25, 0.3) is 5.69 Å². The molecule has 0 aliphatic carbocycles. The van der Waals surface area contributed by atoms with Gasteiger partial charge >= 0.3 is 5.97 Å². The number of sulfonamides is 1. The zero-order valence-corrected chi connectivity index (χ0v) is 16.0. The highest BCUT2D eigenvalue weighted by Gasteiger charge is 2.28. The van der Waals surface area contributed by atoms with Crippen LogP contribution in [0.15, 0.2) is 47.4 Å². The minimum Gasteiger partial charge on any atom is -0.423 e. The van der Waals surface area contributed by atoms with Crippen molar-refractivity contribution in [1.82, 2.24) is 4.31 Å². The van der Waals surface area contributed by atoms with Gasteiger partial charge in [-0.2, -0.15) is 4.31 Å². The van der Waals surface area contributed by atoms with Crippen molar-refractivity contribution in [3.63, 3.8) is 0 Å². The number of non-ortho nitro benzene ring substituents is 1. The Morgan fingerprint density at radius 2 is 1.79 bits per heavy atom. The lowest BCUT2D eigenvalue weighted by atomic mass is 10.2. The molecule has 1 fully saturated rings. The van der Waals surface area contributed by atoms with Crippen LogP contribution >= 0.6 is 11.6 Å². The summed E-state index contributed by atoms with van der Waals surface area (Å²) in [6, 6.07) is 8.67. The minimum absolute atomic E-state index is 0.0211. The second kappa shape index (κ2) is 8.23. The van der Waals surface area contributed by atoms with E-state index < -0.39 is 20.9 Å².